The standard InChI is InChI=1S/C46H46N2O/c1-26(2)32-20-21-34(44-42(32)38-22-30-19-18-29-14-10-11-15-33(29)37(30)25-41(38)49-44)45-47-39-16-12-13-17-40(39)48(45)43-35(27(3)4)23-31(46(7,8)9)24-36(43)28(5)6/h10-28H,1-9H3/i26D. The van der Waals surface area contributed by atoms with Crippen molar-refractivity contribution in [2.24, 2.45) is 0 Å². The fourth-order valence-corrected chi connectivity index (χ4v) is 7.66. The molecule has 246 valence electrons. The number of furan rings is 1. The van der Waals surface area contributed by atoms with Crippen LogP contribution in [0, 0.1) is 0 Å². The smallest absolute Gasteiger partial charge is 0.149 e. The highest BCUT2D eigenvalue weighted by molar-refractivity contribution is 6.18. The molecule has 0 radical (unpaired) electrons. The Kier molecular flexibility index (Phi) is 6.99. The van der Waals surface area contributed by atoms with Crippen LogP contribution in [0.3, 0.4) is 0 Å². The molecule has 6 aromatic carbocycles. The summed E-state index contributed by atoms with van der Waals surface area (Å²) in [5.74, 6) is 0.592. The lowest BCUT2D eigenvalue weighted by atomic mass is 9.81. The van der Waals surface area contributed by atoms with Crippen molar-refractivity contribution in [3.05, 3.63) is 119 Å². The first-order chi connectivity index (χ1) is 23.7. The van der Waals surface area contributed by atoms with Crippen LogP contribution in [-0.2, 0) is 5.41 Å². The van der Waals surface area contributed by atoms with Crippen LogP contribution < -0.4 is 0 Å². The minimum atomic E-state index is -0.843. The number of nitrogens with zero attached hydrogens (tertiary/aromatic N) is 2. The average Bonchev–Trinajstić information content (AvgIpc) is 3.63. The van der Waals surface area contributed by atoms with Gasteiger partial charge < -0.3 is 4.42 Å². The van der Waals surface area contributed by atoms with Crippen molar-refractivity contribution in [1.29, 1.82) is 0 Å². The molecule has 0 aliphatic heterocycles. The first-order valence-corrected chi connectivity index (χ1v) is 17.7. The molecule has 0 saturated carbocycles. The quantitative estimate of drug-likeness (QED) is 0.175. The molecule has 0 bridgehead atoms. The summed E-state index contributed by atoms with van der Waals surface area (Å²) >= 11 is 0. The Balaban J connectivity index is 1.52. The molecule has 0 amide bonds. The maximum absolute atomic E-state index is 9.24. The van der Waals surface area contributed by atoms with Gasteiger partial charge in [0.15, 0.2) is 0 Å². The van der Waals surface area contributed by atoms with E-state index in [0.29, 0.717) is 11.8 Å². The van der Waals surface area contributed by atoms with Crippen molar-refractivity contribution >= 4 is 54.5 Å². The third-order valence-electron chi connectivity index (χ3n) is 10.3. The van der Waals surface area contributed by atoms with E-state index in [1.165, 1.54) is 33.2 Å². The van der Waals surface area contributed by atoms with E-state index in [1.807, 2.05) is 13.8 Å². The third-order valence-corrected chi connectivity index (χ3v) is 10.3. The van der Waals surface area contributed by atoms with Crippen molar-refractivity contribution in [1.82, 2.24) is 9.55 Å². The van der Waals surface area contributed by atoms with Gasteiger partial charge in [-0.15, -0.1) is 0 Å². The first kappa shape index (κ1) is 30.2. The van der Waals surface area contributed by atoms with Gasteiger partial charge in [0.2, 0.25) is 0 Å². The Morgan fingerprint density at radius 3 is 2.04 bits per heavy atom. The first-order valence-electron chi connectivity index (χ1n) is 18.2. The summed E-state index contributed by atoms with van der Waals surface area (Å²) < 4.78 is 18.6. The summed E-state index contributed by atoms with van der Waals surface area (Å²) in [5.41, 5.74) is 10.7. The molecule has 49 heavy (non-hydrogen) atoms. The maximum Gasteiger partial charge on any atom is 0.149 e. The second kappa shape index (κ2) is 11.3. The Morgan fingerprint density at radius 2 is 1.35 bits per heavy atom. The Labute approximate surface area is 291 Å². The Bertz CT molecular complexity index is 2590. The van der Waals surface area contributed by atoms with Crippen LogP contribution in [0.15, 0.2) is 101 Å². The largest absolute Gasteiger partial charge is 0.455 e. The lowest BCUT2D eigenvalue weighted by molar-refractivity contribution is 0.586. The summed E-state index contributed by atoms with van der Waals surface area (Å²) in [6, 6.07) is 34.9. The number of hydrogen-bond acceptors (Lipinski definition) is 2. The maximum atomic E-state index is 9.24. The zero-order chi connectivity index (χ0) is 35.3. The van der Waals surface area contributed by atoms with Gasteiger partial charge in [0.1, 0.15) is 17.0 Å². The number of aromatic nitrogens is 2. The molecular weight excluding hydrogens is 597 g/mol. The normalized spacial score (nSPS) is 13.2. The highest BCUT2D eigenvalue weighted by Crippen LogP contribution is 2.45. The molecule has 0 aliphatic carbocycles. The molecule has 0 atom stereocenters. The van der Waals surface area contributed by atoms with Gasteiger partial charge in [-0.3, -0.25) is 4.57 Å². The molecule has 3 nitrogen and oxygen atoms in total. The van der Waals surface area contributed by atoms with Crippen LogP contribution in [0.2, 0.25) is 0 Å². The number of imidazole rings is 1. The molecule has 2 heterocycles. The summed E-state index contributed by atoms with van der Waals surface area (Å²) in [7, 11) is 0. The monoisotopic (exact) mass is 643 g/mol. The zero-order valence-electron chi connectivity index (χ0n) is 31.2. The molecular formula is C46H46N2O. The van der Waals surface area contributed by atoms with Crippen molar-refractivity contribution in [2.45, 2.75) is 85.5 Å². The van der Waals surface area contributed by atoms with Gasteiger partial charge in [0, 0.05) is 12.1 Å². The third kappa shape index (κ3) is 4.97. The molecule has 0 spiro atoms. The Morgan fingerprint density at radius 1 is 0.673 bits per heavy atom. The zero-order valence-corrected chi connectivity index (χ0v) is 30.2. The molecule has 0 unspecified atom stereocenters. The second-order valence-corrected chi connectivity index (χ2v) is 15.6. The summed E-state index contributed by atoms with van der Waals surface area (Å²) in [5, 5.41) is 6.75. The van der Waals surface area contributed by atoms with Crippen LogP contribution in [0.5, 0.6) is 0 Å². The van der Waals surface area contributed by atoms with Gasteiger partial charge in [-0.1, -0.05) is 129 Å². The molecule has 0 aliphatic rings. The SMILES string of the molecule is [2H]C(C)(C)c1ccc(-c2nc3ccccc3n2-c2c(C(C)C)cc(C(C)(C)C)cc2C(C)C)c2oc3cc4c(ccc5ccccc54)cc3c12. The van der Waals surface area contributed by atoms with E-state index in [9.17, 15) is 1.37 Å². The van der Waals surface area contributed by atoms with Crippen molar-refractivity contribution in [3.8, 4) is 17.1 Å². The Hall–Kier alpha value is -4.89. The van der Waals surface area contributed by atoms with E-state index in [-0.39, 0.29) is 5.41 Å². The number of rotatable bonds is 5. The van der Waals surface area contributed by atoms with Crippen LogP contribution in [-0.4, -0.2) is 9.55 Å². The lowest BCUT2D eigenvalue weighted by Crippen LogP contribution is -2.16. The van der Waals surface area contributed by atoms with E-state index in [0.717, 1.165) is 60.7 Å². The van der Waals surface area contributed by atoms with Crippen molar-refractivity contribution in [2.75, 3.05) is 0 Å². The number of hydrogen-bond donors (Lipinski definition) is 0. The van der Waals surface area contributed by atoms with Crippen LogP contribution in [0.1, 0.15) is 104 Å². The molecule has 8 rings (SSSR count). The van der Waals surface area contributed by atoms with Crippen molar-refractivity contribution < 1.29 is 5.79 Å². The predicted molar refractivity (Wildman–Crippen MR) is 210 cm³/mol. The minimum absolute atomic E-state index is 0.0137. The topological polar surface area (TPSA) is 31.0 Å². The summed E-state index contributed by atoms with van der Waals surface area (Å²) in [6.45, 7) is 20.0. The highest BCUT2D eigenvalue weighted by atomic mass is 16.3. The second-order valence-electron chi connectivity index (χ2n) is 15.6. The number of fused-ring (bicyclic) bond motifs is 7. The molecule has 3 heteroatoms. The minimum Gasteiger partial charge on any atom is -0.455 e. The van der Waals surface area contributed by atoms with E-state index in [2.05, 4.69) is 150 Å². The van der Waals surface area contributed by atoms with Gasteiger partial charge >= 0.3 is 0 Å². The molecule has 2 aromatic heterocycles. The van der Waals surface area contributed by atoms with Crippen molar-refractivity contribution in [3.63, 3.8) is 0 Å². The highest BCUT2D eigenvalue weighted by Gasteiger charge is 2.28. The van der Waals surface area contributed by atoms with Crippen LogP contribution >= 0.6 is 0 Å². The molecule has 0 N–H and O–H groups in total. The average molecular weight is 644 g/mol. The van der Waals surface area contributed by atoms with Gasteiger partial charge in [-0.25, -0.2) is 4.98 Å². The summed E-state index contributed by atoms with van der Waals surface area (Å²) in [4.78, 5) is 5.40. The van der Waals surface area contributed by atoms with E-state index in [4.69, 9.17) is 9.40 Å². The van der Waals surface area contributed by atoms with Gasteiger partial charge in [0.25, 0.3) is 0 Å². The van der Waals surface area contributed by atoms with Gasteiger partial charge in [-0.05, 0) is 97.3 Å². The molecule has 8 aromatic rings. The fraction of sp³-hybridized carbons (Fsp3) is 0.283. The number of benzene rings is 6. The lowest BCUT2D eigenvalue weighted by Gasteiger charge is -2.28. The van der Waals surface area contributed by atoms with E-state index >= 15 is 0 Å². The van der Waals surface area contributed by atoms with Gasteiger partial charge in [0.05, 0.1) is 22.3 Å². The molecule has 0 saturated heterocycles. The molecule has 0 fully saturated rings. The number of para-hydroxylation sites is 2. The van der Waals surface area contributed by atoms with E-state index < -0.39 is 5.89 Å². The van der Waals surface area contributed by atoms with Gasteiger partial charge in [-0.2, -0.15) is 0 Å². The predicted octanol–water partition coefficient (Wildman–Crippen LogP) is 13.6. The van der Waals surface area contributed by atoms with Crippen LogP contribution in [0.4, 0.5) is 0 Å². The summed E-state index contributed by atoms with van der Waals surface area (Å²) in [6.07, 6.45) is 0. The fourth-order valence-electron chi connectivity index (χ4n) is 7.66. The van der Waals surface area contributed by atoms with E-state index in [1.54, 1.807) is 0 Å². The van der Waals surface area contributed by atoms with Crippen LogP contribution in [0.25, 0.3) is 71.6 Å².